The van der Waals surface area contributed by atoms with Crippen LogP contribution in [0, 0.1) is 6.92 Å². The molecular formula is C17H16N2O. The van der Waals surface area contributed by atoms with E-state index in [4.69, 9.17) is 10.5 Å². The third-order valence-corrected chi connectivity index (χ3v) is 3.33. The van der Waals surface area contributed by atoms with Crippen molar-refractivity contribution in [3.05, 3.63) is 65.9 Å². The summed E-state index contributed by atoms with van der Waals surface area (Å²) in [6, 6.07) is 15.9. The van der Waals surface area contributed by atoms with E-state index in [9.17, 15) is 0 Å². The van der Waals surface area contributed by atoms with E-state index in [1.54, 1.807) is 6.20 Å². The van der Waals surface area contributed by atoms with Crippen LogP contribution >= 0.6 is 0 Å². The fourth-order valence-corrected chi connectivity index (χ4v) is 2.13. The van der Waals surface area contributed by atoms with Gasteiger partial charge in [-0.15, -0.1) is 0 Å². The number of aromatic nitrogens is 1. The first-order valence-corrected chi connectivity index (χ1v) is 6.55. The monoisotopic (exact) mass is 264 g/mol. The summed E-state index contributed by atoms with van der Waals surface area (Å²) in [5.41, 5.74) is 9.73. The zero-order chi connectivity index (χ0) is 13.9. The van der Waals surface area contributed by atoms with Crippen molar-refractivity contribution in [2.75, 3.05) is 5.73 Å². The Hall–Kier alpha value is -2.55. The number of nitrogens with zero attached hydrogens (tertiary/aromatic N) is 1. The van der Waals surface area contributed by atoms with Gasteiger partial charge in [-0.1, -0.05) is 30.3 Å². The van der Waals surface area contributed by atoms with E-state index < -0.39 is 0 Å². The molecule has 3 nitrogen and oxygen atoms in total. The van der Waals surface area contributed by atoms with Crippen LogP contribution in [0.3, 0.4) is 0 Å². The highest BCUT2D eigenvalue weighted by atomic mass is 16.5. The minimum atomic E-state index is 0.486. The lowest BCUT2D eigenvalue weighted by Crippen LogP contribution is -1.98. The number of hydrogen-bond donors (Lipinski definition) is 1. The maximum Gasteiger partial charge on any atom is 0.146 e. The van der Waals surface area contributed by atoms with Gasteiger partial charge in [-0.25, -0.2) is 0 Å². The number of fused-ring (bicyclic) bond motifs is 1. The number of anilines is 1. The second-order valence-corrected chi connectivity index (χ2v) is 4.81. The molecule has 1 aromatic heterocycles. The van der Waals surface area contributed by atoms with E-state index in [-0.39, 0.29) is 0 Å². The average Bonchev–Trinajstić information content (AvgIpc) is 2.48. The zero-order valence-corrected chi connectivity index (χ0v) is 11.3. The molecule has 0 radical (unpaired) electrons. The van der Waals surface area contributed by atoms with Crippen LogP contribution < -0.4 is 10.5 Å². The molecule has 0 fully saturated rings. The SMILES string of the molecule is Cc1ccc(COc2cccc3cccnc23)cc1N. The van der Waals surface area contributed by atoms with Crippen LogP contribution in [0.4, 0.5) is 5.69 Å². The summed E-state index contributed by atoms with van der Waals surface area (Å²) >= 11 is 0. The van der Waals surface area contributed by atoms with Crippen LogP contribution in [0.1, 0.15) is 11.1 Å². The molecule has 0 amide bonds. The molecule has 0 aliphatic carbocycles. The van der Waals surface area contributed by atoms with E-state index in [0.29, 0.717) is 6.61 Å². The van der Waals surface area contributed by atoms with E-state index >= 15 is 0 Å². The lowest BCUT2D eigenvalue weighted by Gasteiger charge is -2.09. The number of pyridine rings is 1. The quantitative estimate of drug-likeness (QED) is 0.734. The Kier molecular flexibility index (Phi) is 3.25. The summed E-state index contributed by atoms with van der Waals surface area (Å²) in [4.78, 5) is 4.38. The number of hydrogen-bond acceptors (Lipinski definition) is 3. The van der Waals surface area contributed by atoms with Crippen molar-refractivity contribution >= 4 is 16.6 Å². The smallest absolute Gasteiger partial charge is 0.146 e. The Labute approximate surface area is 118 Å². The van der Waals surface area contributed by atoms with Gasteiger partial charge >= 0.3 is 0 Å². The molecule has 3 rings (SSSR count). The molecule has 0 saturated heterocycles. The maximum absolute atomic E-state index is 5.91. The molecule has 0 aliphatic rings. The Morgan fingerprint density at radius 1 is 1.10 bits per heavy atom. The van der Waals surface area contributed by atoms with Crippen molar-refractivity contribution in [2.45, 2.75) is 13.5 Å². The van der Waals surface area contributed by atoms with E-state index in [2.05, 4.69) is 4.98 Å². The van der Waals surface area contributed by atoms with Gasteiger partial charge in [0.05, 0.1) is 0 Å². The summed E-state index contributed by atoms with van der Waals surface area (Å²) in [6.07, 6.45) is 1.78. The van der Waals surface area contributed by atoms with Gasteiger partial charge in [-0.3, -0.25) is 4.98 Å². The van der Waals surface area contributed by atoms with Crippen molar-refractivity contribution < 1.29 is 4.74 Å². The summed E-state index contributed by atoms with van der Waals surface area (Å²) in [6.45, 7) is 2.48. The largest absolute Gasteiger partial charge is 0.487 e. The number of nitrogen functional groups attached to an aromatic ring is 1. The lowest BCUT2D eigenvalue weighted by molar-refractivity contribution is 0.309. The third kappa shape index (κ3) is 2.43. The first-order chi connectivity index (χ1) is 9.74. The molecule has 0 spiro atoms. The number of para-hydroxylation sites is 1. The third-order valence-electron chi connectivity index (χ3n) is 3.33. The highest BCUT2D eigenvalue weighted by Gasteiger charge is 2.04. The van der Waals surface area contributed by atoms with Crippen LogP contribution in [-0.2, 0) is 6.61 Å². The van der Waals surface area contributed by atoms with Gasteiger partial charge in [0.1, 0.15) is 17.9 Å². The second-order valence-electron chi connectivity index (χ2n) is 4.81. The van der Waals surface area contributed by atoms with Crippen molar-refractivity contribution in [1.29, 1.82) is 0 Å². The fourth-order valence-electron chi connectivity index (χ4n) is 2.13. The fraction of sp³-hybridized carbons (Fsp3) is 0.118. The van der Waals surface area contributed by atoms with Gasteiger partial charge in [0.15, 0.2) is 0 Å². The standard InChI is InChI=1S/C17H16N2O/c1-12-7-8-13(10-15(12)18)11-20-16-6-2-4-14-5-3-9-19-17(14)16/h2-10H,11,18H2,1H3. The molecule has 3 aromatic rings. The summed E-state index contributed by atoms with van der Waals surface area (Å²) in [7, 11) is 0. The van der Waals surface area contributed by atoms with Gasteiger partial charge < -0.3 is 10.5 Å². The molecule has 0 atom stereocenters. The first kappa shape index (κ1) is 12.5. The van der Waals surface area contributed by atoms with Crippen molar-refractivity contribution in [3.63, 3.8) is 0 Å². The number of benzene rings is 2. The van der Waals surface area contributed by atoms with Crippen LogP contribution in [0.5, 0.6) is 5.75 Å². The van der Waals surface area contributed by atoms with Gasteiger partial charge in [0.2, 0.25) is 0 Å². The Morgan fingerprint density at radius 2 is 1.95 bits per heavy atom. The van der Waals surface area contributed by atoms with Crippen molar-refractivity contribution in [1.82, 2.24) is 4.98 Å². The van der Waals surface area contributed by atoms with Gasteiger partial charge in [0, 0.05) is 17.3 Å². The molecular weight excluding hydrogens is 248 g/mol. The van der Waals surface area contributed by atoms with E-state index in [1.807, 2.05) is 55.5 Å². The minimum Gasteiger partial charge on any atom is -0.487 e. The number of aryl methyl sites for hydroxylation is 1. The van der Waals surface area contributed by atoms with Crippen LogP contribution in [0.25, 0.3) is 10.9 Å². The molecule has 1 heterocycles. The molecule has 2 aromatic carbocycles. The van der Waals surface area contributed by atoms with Gasteiger partial charge in [-0.2, -0.15) is 0 Å². The molecule has 0 aliphatic heterocycles. The minimum absolute atomic E-state index is 0.486. The zero-order valence-electron chi connectivity index (χ0n) is 11.3. The first-order valence-electron chi connectivity index (χ1n) is 6.55. The van der Waals surface area contributed by atoms with Crippen LogP contribution in [-0.4, -0.2) is 4.98 Å². The predicted octanol–water partition coefficient (Wildman–Crippen LogP) is 3.70. The second kappa shape index (κ2) is 5.21. The Morgan fingerprint density at radius 3 is 2.80 bits per heavy atom. The highest BCUT2D eigenvalue weighted by Crippen LogP contribution is 2.24. The number of rotatable bonds is 3. The lowest BCUT2D eigenvalue weighted by atomic mass is 10.1. The van der Waals surface area contributed by atoms with Crippen LogP contribution in [0.2, 0.25) is 0 Å². The molecule has 100 valence electrons. The molecule has 20 heavy (non-hydrogen) atoms. The van der Waals surface area contributed by atoms with E-state index in [0.717, 1.165) is 33.5 Å². The average molecular weight is 264 g/mol. The molecule has 0 saturated carbocycles. The summed E-state index contributed by atoms with van der Waals surface area (Å²) < 4.78 is 5.88. The van der Waals surface area contributed by atoms with Gasteiger partial charge in [-0.05, 0) is 36.2 Å². The summed E-state index contributed by atoms with van der Waals surface area (Å²) in [5, 5.41) is 1.08. The van der Waals surface area contributed by atoms with Crippen molar-refractivity contribution in [2.24, 2.45) is 0 Å². The topological polar surface area (TPSA) is 48.1 Å². The maximum atomic E-state index is 5.91. The van der Waals surface area contributed by atoms with Crippen molar-refractivity contribution in [3.8, 4) is 5.75 Å². The highest BCUT2D eigenvalue weighted by molar-refractivity contribution is 5.84. The summed E-state index contributed by atoms with van der Waals surface area (Å²) in [5.74, 6) is 0.794. The van der Waals surface area contributed by atoms with E-state index in [1.165, 1.54) is 0 Å². The molecule has 0 bridgehead atoms. The number of ether oxygens (including phenoxy) is 1. The number of nitrogens with two attached hydrogens (primary N) is 1. The van der Waals surface area contributed by atoms with Crippen LogP contribution in [0.15, 0.2) is 54.7 Å². The molecule has 3 heteroatoms. The van der Waals surface area contributed by atoms with Gasteiger partial charge in [0.25, 0.3) is 0 Å². The molecule has 2 N–H and O–H groups in total. The predicted molar refractivity (Wildman–Crippen MR) is 81.7 cm³/mol. The Bertz CT molecular complexity index is 748. The Balaban J connectivity index is 1.85. The normalized spacial score (nSPS) is 10.7. The molecule has 0 unspecified atom stereocenters.